The van der Waals surface area contributed by atoms with Gasteiger partial charge in [0.25, 0.3) is 0 Å². The van der Waals surface area contributed by atoms with Crippen LogP contribution in [0, 0.1) is 11.8 Å². The van der Waals surface area contributed by atoms with Crippen molar-refractivity contribution in [3.05, 3.63) is 46.2 Å². The third-order valence-corrected chi connectivity index (χ3v) is 7.05. The van der Waals surface area contributed by atoms with Gasteiger partial charge in [-0.25, -0.2) is 4.98 Å². The fraction of sp³-hybridized carbons (Fsp3) is 0.565. The first kappa shape index (κ1) is 22.6. The number of nitrogens with zero attached hydrogens (tertiary/aromatic N) is 4. The van der Waals surface area contributed by atoms with E-state index in [1.807, 2.05) is 18.3 Å². The van der Waals surface area contributed by atoms with Crippen molar-refractivity contribution in [2.24, 2.45) is 11.8 Å². The Bertz CT molecular complexity index is 877. The van der Waals surface area contributed by atoms with Gasteiger partial charge in [-0.15, -0.1) is 0 Å². The average Bonchev–Trinajstić information content (AvgIpc) is 2.72. The van der Waals surface area contributed by atoms with Crippen molar-refractivity contribution in [1.82, 2.24) is 14.9 Å². The van der Waals surface area contributed by atoms with Crippen LogP contribution in [0.15, 0.2) is 30.6 Å². The molecule has 2 atom stereocenters. The summed E-state index contributed by atoms with van der Waals surface area (Å²) >= 11 is 12.4. The van der Waals surface area contributed by atoms with Crippen molar-refractivity contribution in [2.75, 3.05) is 49.5 Å². The molecule has 2 aromatic rings. The van der Waals surface area contributed by atoms with Gasteiger partial charge in [-0.05, 0) is 62.3 Å². The van der Waals surface area contributed by atoms with Gasteiger partial charge in [0.15, 0.2) is 0 Å². The topological polar surface area (TPSA) is 64.5 Å². The number of aliphatic hydroxyl groups is 1. The van der Waals surface area contributed by atoms with Gasteiger partial charge in [0, 0.05) is 42.8 Å². The maximum Gasteiger partial charge on any atom is 0.149 e. The van der Waals surface area contributed by atoms with Gasteiger partial charge < -0.3 is 20.2 Å². The summed E-state index contributed by atoms with van der Waals surface area (Å²) < 4.78 is 0. The van der Waals surface area contributed by atoms with Crippen molar-refractivity contribution in [3.8, 4) is 0 Å². The van der Waals surface area contributed by atoms with E-state index in [4.69, 9.17) is 33.3 Å². The Morgan fingerprint density at radius 1 is 1.19 bits per heavy atom. The quantitative estimate of drug-likeness (QED) is 0.601. The Kier molecular flexibility index (Phi) is 7.54. The molecule has 0 radical (unpaired) electrons. The molecule has 0 aliphatic carbocycles. The van der Waals surface area contributed by atoms with Gasteiger partial charge >= 0.3 is 0 Å². The molecular weight excluding hydrogens is 433 g/mol. The van der Waals surface area contributed by atoms with Crippen molar-refractivity contribution >= 4 is 34.8 Å². The number of aromatic nitrogens is 2. The van der Waals surface area contributed by atoms with Gasteiger partial charge in [-0.2, -0.15) is 0 Å². The first-order valence-electron chi connectivity index (χ1n) is 11.1. The number of anilines is 2. The predicted octanol–water partition coefficient (Wildman–Crippen LogP) is 4.49. The predicted molar refractivity (Wildman–Crippen MR) is 127 cm³/mol. The molecule has 4 rings (SSSR count). The molecule has 2 aliphatic rings. The minimum absolute atomic E-state index is 0.00871. The maximum absolute atomic E-state index is 9.09. The van der Waals surface area contributed by atoms with E-state index in [1.165, 1.54) is 19.4 Å². The maximum atomic E-state index is 9.09. The summed E-state index contributed by atoms with van der Waals surface area (Å²) in [5.41, 5.74) is 0.977. The monoisotopic (exact) mass is 463 g/mol. The van der Waals surface area contributed by atoms with Crippen LogP contribution in [-0.4, -0.2) is 59.3 Å². The second kappa shape index (κ2) is 10.3. The molecule has 2 N–H and O–H groups in total. The van der Waals surface area contributed by atoms with Gasteiger partial charge in [0.05, 0.1) is 18.4 Å². The minimum atomic E-state index is -0.00871. The highest BCUT2D eigenvalue weighted by Gasteiger charge is 2.36. The molecule has 0 saturated carbocycles. The fourth-order valence-electron chi connectivity index (χ4n) is 4.70. The molecular formula is C23H31Cl2N5O. The molecule has 1 aromatic carbocycles. The van der Waals surface area contributed by atoms with E-state index in [-0.39, 0.29) is 12.6 Å². The molecule has 31 heavy (non-hydrogen) atoms. The van der Waals surface area contributed by atoms with Crippen LogP contribution in [0.5, 0.6) is 0 Å². The van der Waals surface area contributed by atoms with Crippen molar-refractivity contribution in [1.29, 1.82) is 0 Å². The third-order valence-electron chi connectivity index (χ3n) is 6.49. The average molecular weight is 464 g/mol. The number of piperidine rings is 1. The molecule has 3 heterocycles. The number of hydrogen-bond acceptors (Lipinski definition) is 6. The van der Waals surface area contributed by atoms with E-state index in [0.29, 0.717) is 16.0 Å². The van der Waals surface area contributed by atoms with E-state index in [0.717, 1.165) is 55.7 Å². The Hall–Kier alpha value is -1.60. The van der Waals surface area contributed by atoms with Crippen molar-refractivity contribution in [3.63, 3.8) is 0 Å². The highest BCUT2D eigenvalue weighted by Crippen LogP contribution is 2.34. The Morgan fingerprint density at radius 2 is 2.03 bits per heavy atom. The van der Waals surface area contributed by atoms with Crippen LogP contribution in [0.1, 0.15) is 37.8 Å². The number of halogens is 2. The lowest BCUT2D eigenvalue weighted by Crippen LogP contribution is -2.54. The van der Waals surface area contributed by atoms with Crippen LogP contribution in [0.4, 0.5) is 11.6 Å². The molecule has 2 fully saturated rings. The number of rotatable bonds is 8. The zero-order chi connectivity index (χ0) is 21.8. The van der Waals surface area contributed by atoms with Gasteiger partial charge in [0.1, 0.15) is 11.6 Å². The molecule has 0 spiro atoms. The van der Waals surface area contributed by atoms with E-state index in [2.05, 4.69) is 27.0 Å². The fourth-order valence-corrected chi connectivity index (χ4v) is 5.27. The van der Waals surface area contributed by atoms with Gasteiger partial charge in [-0.1, -0.05) is 29.3 Å². The molecule has 1 aromatic heterocycles. The van der Waals surface area contributed by atoms with Crippen LogP contribution >= 0.6 is 23.2 Å². The summed E-state index contributed by atoms with van der Waals surface area (Å²) in [6.45, 7) is 7.75. The molecule has 168 valence electrons. The second-order valence-corrected chi connectivity index (χ2v) is 9.58. The molecule has 8 heteroatoms. The van der Waals surface area contributed by atoms with E-state index < -0.39 is 0 Å². The molecule has 6 nitrogen and oxygen atoms in total. The van der Waals surface area contributed by atoms with Crippen LogP contribution in [-0.2, 0) is 0 Å². The zero-order valence-corrected chi connectivity index (χ0v) is 19.5. The molecule has 0 unspecified atom stereocenters. The summed E-state index contributed by atoms with van der Waals surface area (Å²) in [5, 5.41) is 13.8. The lowest BCUT2D eigenvalue weighted by Gasteiger charge is -2.47. The Labute approximate surface area is 194 Å². The summed E-state index contributed by atoms with van der Waals surface area (Å²) in [5.74, 6) is 3.11. The summed E-state index contributed by atoms with van der Waals surface area (Å²) in [4.78, 5) is 14.0. The number of nitrogens with one attached hydrogen (secondary N) is 1. The van der Waals surface area contributed by atoms with Crippen LogP contribution in [0.25, 0.3) is 0 Å². The van der Waals surface area contributed by atoms with E-state index >= 15 is 0 Å². The number of likely N-dealkylation sites (tertiary alicyclic amines) is 1. The van der Waals surface area contributed by atoms with Crippen LogP contribution in [0.3, 0.4) is 0 Å². The summed E-state index contributed by atoms with van der Waals surface area (Å²) in [6.07, 6.45) is 7.04. The smallest absolute Gasteiger partial charge is 0.149 e. The lowest BCUT2D eigenvalue weighted by atomic mass is 9.80. The van der Waals surface area contributed by atoms with Crippen LogP contribution < -0.4 is 10.2 Å². The van der Waals surface area contributed by atoms with Gasteiger partial charge in [0.2, 0.25) is 0 Å². The van der Waals surface area contributed by atoms with Crippen molar-refractivity contribution in [2.45, 2.75) is 32.2 Å². The highest BCUT2D eigenvalue weighted by molar-refractivity contribution is 6.35. The third kappa shape index (κ3) is 5.61. The summed E-state index contributed by atoms with van der Waals surface area (Å²) in [7, 11) is 0. The van der Waals surface area contributed by atoms with Crippen LogP contribution in [0.2, 0.25) is 10.0 Å². The molecule has 0 bridgehead atoms. The number of hydrogen-bond donors (Lipinski definition) is 2. The Balaban J connectivity index is 1.32. The molecule has 2 saturated heterocycles. The number of aliphatic hydroxyl groups excluding tert-OH is 1. The standard InChI is InChI=1S/C23H31Cl2N5O/c1-16(20-6-5-19(24)10-21(20)25)27-22-11-26-12-23(28-22)30-14-18(15-30)17-4-2-7-29(13-17)8-3-9-31/h5-6,10-12,16-18,31H,2-4,7-9,13-15H2,1H3,(H,27,28)/t16-,17+/m1/s1. The summed E-state index contributed by atoms with van der Waals surface area (Å²) in [6, 6.07) is 5.54. The largest absolute Gasteiger partial charge is 0.396 e. The van der Waals surface area contributed by atoms with Gasteiger partial charge in [-0.3, -0.25) is 4.98 Å². The van der Waals surface area contributed by atoms with E-state index in [9.17, 15) is 0 Å². The SMILES string of the molecule is C[C@@H](Nc1cncc(N2CC([C@H]3CCCN(CCCO)C3)C2)n1)c1ccc(Cl)cc1Cl. The normalized spacial score (nSPS) is 21.0. The lowest BCUT2D eigenvalue weighted by molar-refractivity contribution is 0.112. The van der Waals surface area contributed by atoms with Crippen molar-refractivity contribution < 1.29 is 5.11 Å². The second-order valence-electron chi connectivity index (χ2n) is 8.74. The minimum Gasteiger partial charge on any atom is -0.396 e. The first-order chi connectivity index (χ1) is 15.0. The number of benzene rings is 1. The molecule has 0 amide bonds. The zero-order valence-electron chi connectivity index (χ0n) is 18.0. The molecule has 2 aliphatic heterocycles. The highest BCUT2D eigenvalue weighted by atomic mass is 35.5. The van der Waals surface area contributed by atoms with E-state index in [1.54, 1.807) is 12.3 Å². The first-order valence-corrected chi connectivity index (χ1v) is 11.9. The Morgan fingerprint density at radius 3 is 2.81 bits per heavy atom.